The summed E-state index contributed by atoms with van der Waals surface area (Å²) >= 11 is 6.01. The number of hydrogen-bond donors (Lipinski definition) is 1. The Labute approximate surface area is 115 Å². The molecule has 1 aromatic rings. The predicted octanol–water partition coefficient (Wildman–Crippen LogP) is 3.72. The first-order valence-electron chi connectivity index (χ1n) is 6.69. The summed E-state index contributed by atoms with van der Waals surface area (Å²) in [5, 5.41) is 4.31. The quantitative estimate of drug-likeness (QED) is 0.898. The molecule has 1 heterocycles. The number of rotatable bonds is 4. The molecule has 18 heavy (non-hydrogen) atoms. The van der Waals surface area contributed by atoms with Crippen LogP contribution in [0, 0.1) is 12.8 Å². The number of nitrogens with one attached hydrogen (secondary N) is 1. The largest absolute Gasteiger partial charge is 0.373 e. The number of halogens is 1. The first-order chi connectivity index (χ1) is 8.58. The van der Waals surface area contributed by atoms with Crippen LogP contribution in [-0.2, 0) is 4.74 Å². The number of ether oxygens (including phenoxy) is 1. The van der Waals surface area contributed by atoms with Gasteiger partial charge in [0.1, 0.15) is 0 Å². The van der Waals surface area contributed by atoms with E-state index in [0.29, 0.717) is 12.0 Å². The molecule has 0 aliphatic carbocycles. The Balaban J connectivity index is 2.10. The van der Waals surface area contributed by atoms with Gasteiger partial charge in [-0.2, -0.15) is 0 Å². The Morgan fingerprint density at radius 2 is 2.22 bits per heavy atom. The lowest BCUT2D eigenvalue weighted by atomic mass is 9.92. The maximum Gasteiger partial charge on any atom is 0.0868 e. The lowest BCUT2D eigenvalue weighted by Crippen LogP contribution is -2.30. The summed E-state index contributed by atoms with van der Waals surface area (Å²) in [5.74, 6) is 0.562. The molecule has 2 nitrogen and oxygen atoms in total. The van der Waals surface area contributed by atoms with E-state index in [9.17, 15) is 0 Å². The molecule has 3 heteroatoms. The lowest BCUT2D eigenvalue weighted by Gasteiger charge is -2.22. The van der Waals surface area contributed by atoms with Crippen molar-refractivity contribution in [2.45, 2.75) is 39.3 Å². The molecule has 2 atom stereocenters. The van der Waals surface area contributed by atoms with Crippen molar-refractivity contribution in [3.05, 3.63) is 34.3 Å². The fraction of sp³-hybridized carbons (Fsp3) is 0.600. The van der Waals surface area contributed by atoms with Gasteiger partial charge < -0.3 is 10.1 Å². The Morgan fingerprint density at radius 1 is 1.44 bits per heavy atom. The summed E-state index contributed by atoms with van der Waals surface area (Å²) in [4.78, 5) is 0. The van der Waals surface area contributed by atoms with Gasteiger partial charge in [-0.05, 0) is 36.6 Å². The van der Waals surface area contributed by atoms with Gasteiger partial charge in [0.25, 0.3) is 0 Å². The van der Waals surface area contributed by atoms with Crippen molar-refractivity contribution in [3.8, 4) is 0 Å². The summed E-state index contributed by atoms with van der Waals surface area (Å²) < 4.78 is 5.92. The second-order valence-electron chi connectivity index (χ2n) is 5.40. The summed E-state index contributed by atoms with van der Waals surface area (Å²) in [5.41, 5.74) is 2.51. The third-order valence-corrected chi connectivity index (χ3v) is 3.78. The van der Waals surface area contributed by atoms with Gasteiger partial charge in [0, 0.05) is 30.1 Å². The van der Waals surface area contributed by atoms with Crippen molar-refractivity contribution < 1.29 is 4.74 Å². The highest BCUT2D eigenvalue weighted by Gasteiger charge is 2.30. The van der Waals surface area contributed by atoms with Crippen LogP contribution in [0.2, 0.25) is 5.02 Å². The van der Waals surface area contributed by atoms with Gasteiger partial charge in [-0.1, -0.05) is 31.5 Å². The van der Waals surface area contributed by atoms with Crippen LogP contribution in [0.4, 0.5) is 0 Å². The average Bonchev–Trinajstić information content (AvgIpc) is 2.74. The molecule has 1 aliphatic heterocycles. The molecule has 1 saturated heterocycles. The second-order valence-corrected chi connectivity index (χ2v) is 5.84. The van der Waals surface area contributed by atoms with E-state index in [1.54, 1.807) is 0 Å². The molecular formula is C15H22ClNO. The molecule has 100 valence electrons. The molecule has 0 radical (unpaired) electrons. The monoisotopic (exact) mass is 267 g/mol. The van der Waals surface area contributed by atoms with Crippen molar-refractivity contribution >= 4 is 11.6 Å². The topological polar surface area (TPSA) is 21.3 Å². The minimum atomic E-state index is 0.216. The third-order valence-electron chi connectivity index (χ3n) is 3.54. The predicted molar refractivity (Wildman–Crippen MR) is 76.1 cm³/mol. The van der Waals surface area contributed by atoms with Crippen LogP contribution < -0.4 is 5.32 Å². The normalized spacial score (nSPS) is 23.8. The Bertz CT molecular complexity index is 405. The van der Waals surface area contributed by atoms with Crippen molar-refractivity contribution in [2.75, 3.05) is 13.2 Å². The van der Waals surface area contributed by atoms with E-state index in [1.165, 1.54) is 11.1 Å². The van der Waals surface area contributed by atoms with E-state index < -0.39 is 0 Å². The van der Waals surface area contributed by atoms with Gasteiger partial charge in [0.15, 0.2) is 0 Å². The van der Waals surface area contributed by atoms with Crippen molar-refractivity contribution in [1.29, 1.82) is 0 Å². The molecule has 0 amide bonds. The molecule has 2 rings (SSSR count). The fourth-order valence-corrected chi connectivity index (χ4v) is 2.76. The number of aryl methyl sites for hydroxylation is 1. The zero-order valence-corrected chi connectivity index (χ0v) is 12.1. The smallest absolute Gasteiger partial charge is 0.0868 e. The van der Waals surface area contributed by atoms with Gasteiger partial charge in [0.2, 0.25) is 0 Å². The fourth-order valence-electron chi connectivity index (χ4n) is 2.53. The molecule has 1 aliphatic rings. The maximum atomic E-state index is 6.01. The molecule has 0 saturated carbocycles. The van der Waals surface area contributed by atoms with Gasteiger partial charge in [0.05, 0.1) is 6.10 Å². The third kappa shape index (κ3) is 3.25. The van der Waals surface area contributed by atoms with Crippen LogP contribution in [-0.4, -0.2) is 19.2 Å². The second kappa shape index (κ2) is 6.05. The zero-order chi connectivity index (χ0) is 13.1. The minimum absolute atomic E-state index is 0.216. The molecule has 2 unspecified atom stereocenters. The SMILES string of the molecule is Cc1cc(Cl)ccc1C1OCCC1CNC(C)C. The summed E-state index contributed by atoms with van der Waals surface area (Å²) in [6, 6.07) is 6.61. The van der Waals surface area contributed by atoms with Crippen LogP contribution >= 0.6 is 11.6 Å². The Hall–Kier alpha value is -0.570. The first-order valence-corrected chi connectivity index (χ1v) is 7.06. The van der Waals surface area contributed by atoms with Crippen molar-refractivity contribution in [2.24, 2.45) is 5.92 Å². The van der Waals surface area contributed by atoms with Crippen molar-refractivity contribution in [1.82, 2.24) is 5.32 Å². The molecule has 1 N–H and O–H groups in total. The van der Waals surface area contributed by atoms with Crippen molar-refractivity contribution in [3.63, 3.8) is 0 Å². The number of benzene rings is 1. The average molecular weight is 268 g/mol. The van der Waals surface area contributed by atoms with Gasteiger partial charge in [-0.3, -0.25) is 0 Å². The molecule has 1 aromatic carbocycles. The molecular weight excluding hydrogens is 246 g/mol. The van der Waals surface area contributed by atoms with E-state index in [2.05, 4.69) is 32.2 Å². The van der Waals surface area contributed by atoms with E-state index >= 15 is 0 Å². The van der Waals surface area contributed by atoms with Gasteiger partial charge in [-0.15, -0.1) is 0 Å². The van der Waals surface area contributed by atoms with E-state index in [1.807, 2.05) is 12.1 Å². The molecule has 0 bridgehead atoms. The Kier molecular flexibility index (Phi) is 4.66. The van der Waals surface area contributed by atoms with Crippen LogP contribution in [0.1, 0.15) is 37.5 Å². The standard InChI is InChI=1S/C15H22ClNO/c1-10(2)17-9-12-6-7-18-15(12)14-5-4-13(16)8-11(14)3/h4-5,8,10,12,15,17H,6-7,9H2,1-3H3. The van der Waals surface area contributed by atoms with E-state index in [0.717, 1.165) is 24.6 Å². The van der Waals surface area contributed by atoms with Crippen LogP contribution in [0.25, 0.3) is 0 Å². The van der Waals surface area contributed by atoms with E-state index in [-0.39, 0.29) is 6.10 Å². The van der Waals surface area contributed by atoms with Crippen LogP contribution in [0.15, 0.2) is 18.2 Å². The highest BCUT2D eigenvalue weighted by molar-refractivity contribution is 6.30. The highest BCUT2D eigenvalue weighted by Crippen LogP contribution is 2.36. The Morgan fingerprint density at radius 3 is 2.89 bits per heavy atom. The first kappa shape index (κ1) is 13.9. The van der Waals surface area contributed by atoms with Gasteiger partial charge >= 0.3 is 0 Å². The lowest BCUT2D eigenvalue weighted by molar-refractivity contribution is 0.0896. The minimum Gasteiger partial charge on any atom is -0.373 e. The molecule has 0 aromatic heterocycles. The van der Waals surface area contributed by atoms with Crippen LogP contribution in [0.3, 0.4) is 0 Å². The molecule has 0 spiro atoms. The summed E-state index contributed by atoms with van der Waals surface area (Å²) in [6.07, 6.45) is 1.35. The zero-order valence-electron chi connectivity index (χ0n) is 11.4. The van der Waals surface area contributed by atoms with E-state index in [4.69, 9.17) is 16.3 Å². The summed E-state index contributed by atoms with van der Waals surface area (Å²) in [7, 11) is 0. The highest BCUT2D eigenvalue weighted by atomic mass is 35.5. The summed E-state index contributed by atoms with van der Waals surface area (Å²) in [6.45, 7) is 8.34. The number of hydrogen-bond acceptors (Lipinski definition) is 2. The van der Waals surface area contributed by atoms with Crippen LogP contribution in [0.5, 0.6) is 0 Å². The van der Waals surface area contributed by atoms with Gasteiger partial charge in [-0.25, -0.2) is 0 Å². The molecule has 1 fully saturated rings. The maximum absolute atomic E-state index is 6.01.